The average molecular weight is 680 g/mol. The van der Waals surface area contributed by atoms with Crippen LogP contribution in [0.4, 0.5) is 34.5 Å². The summed E-state index contributed by atoms with van der Waals surface area (Å²) in [6.07, 6.45) is 8.10. The largest absolute Gasteiger partial charge is 0.494 e. The van der Waals surface area contributed by atoms with E-state index >= 15 is 0 Å². The summed E-state index contributed by atoms with van der Waals surface area (Å²) in [5.74, 6) is 1.85. The van der Waals surface area contributed by atoms with Gasteiger partial charge < -0.3 is 29.5 Å². The van der Waals surface area contributed by atoms with Crippen LogP contribution in [0.1, 0.15) is 12.5 Å². The van der Waals surface area contributed by atoms with Crippen molar-refractivity contribution in [2.24, 2.45) is 0 Å². The van der Waals surface area contributed by atoms with Crippen molar-refractivity contribution < 1.29 is 4.74 Å². The van der Waals surface area contributed by atoms with E-state index in [4.69, 9.17) is 9.72 Å². The van der Waals surface area contributed by atoms with Crippen molar-refractivity contribution in [3.63, 3.8) is 0 Å². The van der Waals surface area contributed by atoms with Gasteiger partial charge in [0.15, 0.2) is 0 Å². The number of hydrogen-bond donors (Lipinski definition) is 2. The molecule has 0 unspecified atom stereocenters. The monoisotopic (exact) mass is 678 g/mol. The Bertz CT molecular complexity index is 1630. The summed E-state index contributed by atoms with van der Waals surface area (Å²) < 4.78 is 8.69. The molecule has 0 atom stereocenters. The number of likely N-dealkylation sites (tertiary alicyclic amines) is 1. The molecule has 11 nitrogen and oxygen atoms in total. The van der Waals surface area contributed by atoms with Gasteiger partial charge in [-0.1, -0.05) is 18.9 Å². The summed E-state index contributed by atoms with van der Waals surface area (Å²) in [4.78, 5) is 26.0. The zero-order chi connectivity index (χ0) is 30.8. The van der Waals surface area contributed by atoms with Crippen LogP contribution in [0.25, 0.3) is 11.0 Å². The van der Waals surface area contributed by atoms with E-state index in [1.807, 2.05) is 25.4 Å². The van der Waals surface area contributed by atoms with Crippen LogP contribution in [0.15, 0.2) is 47.3 Å². The maximum atomic E-state index is 5.88. The second-order valence-electron chi connectivity index (χ2n) is 11.1. The molecule has 13 heteroatoms. The summed E-state index contributed by atoms with van der Waals surface area (Å²) in [6.45, 7) is 8.76. The molecule has 6 rings (SSSR count). The van der Waals surface area contributed by atoms with Gasteiger partial charge in [0, 0.05) is 89.0 Å². The van der Waals surface area contributed by atoms with E-state index in [9.17, 15) is 0 Å². The lowest BCUT2D eigenvalue weighted by Gasteiger charge is -2.47. The van der Waals surface area contributed by atoms with Gasteiger partial charge in [-0.3, -0.25) is 14.9 Å². The number of fused-ring (bicyclic) bond motifs is 1. The van der Waals surface area contributed by atoms with E-state index in [2.05, 4.69) is 86.6 Å². The van der Waals surface area contributed by atoms with Gasteiger partial charge in [-0.15, -0.1) is 0 Å². The molecule has 2 aliphatic heterocycles. The van der Waals surface area contributed by atoms with Gasteiger partial charge in [-0.05, 0) is 53.2 Å². The number of ether oxygens (including phenoxy) is 1. The molecule has 2 aliphatic rings. The fraction of sp³-hybridized carbons (Fsp3) is 0.419. The molecular weight excluding hydrogens is 640 g/mol. The van der Waals surface area contributed by atoms with Crippen LogP contribution in [0, 0.1) is 0 Å². The van der Waals surface area contributed by atoms with Gasteiger partial charge in [-0.25, -0.2) is 4.98 Å². The van der Waals surface area contributed by atoms with E-state index in [-0.39, 0.29) is 0 Å². The Morgan fingerprint density at radius 1 is 1.05 bits per heavy atom. The van der Waals surface area contributed by atoms with Gasteiger partial charge in [0.2, 0.25) is 5.95 Å². The van der Waals surface area contributed by atoms with Crippen LogP contribution in [-0.2, 0) is 6.42 Å². The number of nitrogens with zero attached hydrogens (tertiary/aromatic N) is 8. The number of anilines is 6. The molecule has 2 fully saturated rings. The zero-order valence-electron chi connectivity index (χ0n) is 25.8. The number of aryl methyl sites for hydroxylation is 1. The fourth-order valence-corrected chi connectivity index (χ4v) is 6.64. The third kappa shape index (κ3) is 6.23. The van der Waals surface area contributed by atoms with E-state index in [1.54, 1.807) is 37.6 Å². The summed E-state index contributed by atoms with van der Waals surface area (Å²) in [5.41, 5.74) is 6.77. The first-order valence-corrected chi connectivity index (χ1v) is 16.8. The summed E-state index contributed by atoms with van der Waals surface area (Å²) in [5, 5.41) is 6.92. The molecule has 0 bridgehead atoms. The number of aromatic nitrogens is 4. The fourth-order valence-electron chi connectivity index (χ4n) is 5.98. The summed E-state index contributed by atoms with van der Waals surface area (Å²) in [7, 11) is 5.92. The molecule has 4 aromatic rings. The Kier molecular flexibility index (Phi) is 9.26. The molecule has 2 aromatic carbocycles. The third-order valence-electron chi connectivity index (χ3n) is 8.44. The lowest BCUT2D eigenvalue weighted by molar-refractivity contribution is 0.0487. The van der Waals surface area contributed by atoms with E-state index in [1.165, 1.54) is 24.3 Å². The lowest BCUT2D eigenvalue weighted by Crippen LogP contribution is -2.62. The second-order valence-corrected chi connectivity index (χ2v) is 12.9. The van der Waals surface area contributed by atoms with Gasteiger partial charge in [0.25, 0.3) is 0 Å². The molecule has 2 aromatic heterocycles. The second kappa shape index (κ2) is 13.3. The molecule has 0 saturated carbocycles. The summed E-state index contributed by atoms with van der Waals surface area (Å²) >= 11 is 5.23. The lowest BCUT2D eigenvalue weighted by atomic mass is 10.0. The average Bonchev–Trinajstić information content (AvgIpc) is 3.04. The van der Waals surface area contributed by atoms with E-state index < -0.39 is 0 Å². The molecule has 4 heterocycles. The number of rotatable bonds is 10. The highest BCUT2D eigenvalue weighted by Gasteiger charge is 2.32. The molecule has 0 aliphatic carbocycles. The molecule has 232 valence electrons. The third-order valence-corrected chi connectivity index (χ3v) is 9.75. The first kappa shape index (κ1) is 30.6. The van der Waals surface area contributed by atoms with Gasteiger partial charge in [0.1, 0.15) is 17.1 Å². The van der Waals surface area contributed by atoms with Crippen molar-refractivity contribution in [3.8, 4) is 5.75 Å². The maximum Gasteiger partial charge on any atom is 0.229 e. The topological polar surface area (TPSA) is 97.8 Å². The van der Waals surface area contributed by atoms with Crippen LogP contribution in [0.5, 0.6) is 5.75 Å². The Morgan fingerprint density at radius 3 is 2.52 bits per heavy atom. The van der Waals surface area contributed by atoms with Gasteiger partial charge in [-0.2, -0.15) is 4.98 Å². The van der Waals surface area contributed by atoms with Gasteiger partial charge in [0.05, 0.1) is 34.2 Å². The zero-order valence-corrected chi connectivity index (χ0v) is 28.2. The maximum absolute atomic E-state index is 5.88. The standard InChI is InChI=1S/C31H39BrN10OS/c1-6-20-15-25(27(43-4)16-26(20)42-13-11-41(12-14-42)21-18-39(2)19-21)37-31-35-17-22(32)30(38-31)36-24-8-7-23-28(34-10-9-33-23)29(24)40(3)44-5/h7-10,15-17,21H,6,11-14,18-19H2,1-5H3,(H2,35,36,37,38). The highest BCUT2D eigenvalue weighted by Crippen LogP contribution is 2.39. The molecule has 0 amide bonds. The number of nitrogens with one attached hydrogen (secondary N) is 2. The Hall–Kier alpha value is -3.39. The van der Waals surface area contributed by atoms with Crippen LogP contribution in [0.2, 0.25) is 0 Å². The number of piperazine rings is 1. The molecule has 2 N–H and O–H groups in total. The highest BCUT2D eigenvalue weighted by atomic mass is 79.9. The Labute approximate surface area is 271 Å². The van der Waals surface area contributed by atoms with Crippen molar-refractivity contribution >= 4 is 73.4 Å². The van der Waals surface area contributed by atoms with Crippen molar-refractivity contribution in [1.82, 2.24) is 29.7 Å². The van der Waals surface area contributed by atoms with E-state index in [0.717, 1.165) is 70.9 Å². The minimum atomic E-state index is 0.461. The van der Waals surface area contributed by atoms with Crippen LogP contribution in [-0.4, -0.2) is 103 Å². The minimum absolute atomic E-state index is 0.461. The predicted octanol–water partition coefficient (Wildman–Crippen LogP) is 5.39. The van der Waals surface area contributed by atoms with Crippen LogP contribution >= 0.6 is 27.9 Å². The van der Waals surface area contributed by atoms with Crippen molar-refractivity contribution in [1.29, 1.82) is 0 Å². The molecule has 0 spiro atoms. The SMILES string of the molecule is CCc1cc(Nc2ncc(Br)c(Nc3ccc4nccnc4c3N(C)SC)n2)c(OC)cc1N1CCN(C2CN(C)C2)CC1. The quantitative estimate of drug-likeness (QED) is 0.211. The number of hydrogen-bond acceptors (Lipinski definition) is 12. The number of halogens is 1. The highest BCUT2D eigenvalue weighted by molar-refractivity contribution is 9.10. The number of methoxy groups -OCH3 is 1. The smallest absolute Gasteiger partial charge is 0.229 e. The van der Waals surface area contributed by atoms with Crippen LogP contribution in [0.3, 0.4) is 0 Å². The molecular formula is C31H39BrN10OS. The first-order valence-electron chi connectivity index (χ1n) is 14.8. The van der Waals surface area contributed by atoms with Crippen molar-refractivity contribution in [2.75, 3.05) is 86.6 Å². The normalized spacial score (nSPS) is 16.2. The number of benzene rings is 2. The number of likely N-dealkylation sites (N-methyl/N-ethyl adjacent to an activating group) is 1. The van der Waals surface area contributed by atoms with Gasteiger partial charge >= 0.3 is 0 Å². The minimum Gasteiger partial charge on any atom is -0.494 e. The Balaban J connectivity index is 1.24. The molecule has 2 saturated heterocycles. The van der Waals surface area contributed by atoms with Crippen molar-refractivity contribution in [3.05, 3.63) is 52.9 Å². The first-order chi connectivity index (χ1) is 21.4. The predicted molar refractivity (Wildman–Crippen MR) is 185 cm³/mol. The summed E-state index contributed by atoms with van der Waals surface area (Å²) in [6, 6.07) is 8.99. The molecule has 44 heavy (non-hydrogen) atoms. The van der Waals surface area contributed by atoms with Crippen molar-refractivity contribution in [2.45, 2.75) is 19.4 Å². The van der Waals surface area contributed by atoms with Crippen LogP contribution < -0.4 is 24.6 Å². The Morgan fingerprint density at radius 2 is 1.82 bits per heavy atom. The molecule has 0 radical (unpaired) electrons. The van der Waals surface area contributed by atoms with E-state index in [0.29, 0.717) is 17.8 Å².